The molecule has 35 heavy (non-hydrogen) atoms. The van der Waals surface area contributed by atoms with E-state index in [0.717, 1.165) is 48.4 Å². The molecule has 1 saturated heterocycles. The van der Waals surface area contributed by atoms with Gasteiger partial charge in [-0.2, -0.15) is 5.26 Å². The van der Waals surface area contributed by atoms with Gasteiger partial charge in [0.05, 0.1) is 40.8 Å². The van der Waals surface area contributed by atoms with E-state index in [1.54, 1.807) is 23.2 Å². The molecule has 3 heterocycles. The lowest BCUT2D eigenvalue weighted by Crippen LogP contribution is -2.42. The number of pyridine rings is 1. The zero-order valence-corrected chi connectivity index (χ0v) is 20.6. The minimum absolute atomic E-state index is 0.0605. The van der Waals surface area contributed by atoms with Crippen molar-refractivity contribution in [3.8, 4) is 11.8 Å². The normalized spacial score (nSPS) is 15.3. The van der Waals surface area contributed by atoms with Crippen LogP contribution in [0.4, 0.5) is 0 Å². The fourth-order valence-corrected chi connectivity index (χ4v) is 4.95. The van der Waals surface area contributed by atoms with Gasteiger partial charge in [0, 0.05) is 17.6 Å². The minimum Gasteiger partial charge on any atom is -0.368 e. The van der Waals surface area contributed by atoms with Crippen molar-refractivity contribution in [1.82, 2.24) is 19.4 Å². The van der Waals surface area contributed by atoms with Crippen LogP contribution in [-0.4, -0.2) is 70.8 Å². The third-order valence-electron chi connectivity index (χ3n) is 6.83. The standard InChI is InChI=1S/C27H32N6O2/c1-18-25(24(34)17-32-11-5-4-6-12-32)26-22(33(18)21-9-7-19(15-28)8-10-21)13-20(16-30-26)14-23(27(29)35)31(2)3/h7-10,13,16,23H,4-6,11-12,14,17H2,1-3H3,(H2,29,35). The zero-order valence-electron chi connectivity index (χ0n) is 20.6. The number of primary amides is 1. The van der Waals surface area contributed by atoms with E-state index in [1.165, 1.54) is 6.42 Å². The van der Waals surface area contributed by atoms with Gasteiger partial charge in [-0.1, -0.05) is 6.42 Å². The van der Waals surface area contributed by atoms with Crippen molar-refractivity contribution in [2.45, 2.75) is 38.6 Å². The van der Waals surface area contributed by atoms with Gasteiger partial charge in [-0.15, -0.1) is 0 Å². The molecule has 0 aliphatic carbocycles. The number of amides is 1. The van der Waals surface area contributed by atoms with Gasteiger partial charge in [-0.05, 0) is 89.3 Å². The van der Waals surface area contributed by atoms with Gasteiger partial charge in [-0.3, -0.25) is 24.4 Å². The number of hydrogen-bond acceptors (Lipinski definition) is 6. The number of carbonyl (C=O) groups is 2. The molecular formula is C27H32N6O2. The SMILES string of the molecule is Cc1c(C(=O)CN2CCCCC2)c2ncc(CC(C(N)=O)N(C)C)cc2n1-c1ccc(C#N)cc1. The number of likely N-dealkylation sites (N-methyl/N-ethyl adjacent to an activating group) is 1. The predicted molar refractivity (Wildman–Crippen MR) is 136 cm³/mol. The van der Waals surface area contributed by atoms with Gasteiger partial charge in [0.25, 0.3) is 0 Å². The second-order valence-corrected chi connectivity index (χ2v) is 9.51. The molecule has 1 fully saturated rings. The van der Waals surface area contributed by atoms with Crippen molar-refractivity contribution in [2.75, 3.05) is 33.7 Å². The molecule has 0 saturated carbocycles. The maximum Gasteiger partial charge on any atom is 0.235 e. The summed E-state index contributed by atoms with van der Waals surface area (Å²) in [5, 5.41) is 9.21. The smallest absolute Gasteiger partial charge is 0.235 e. The number of nitriles is 1. The Balaban J connectivity index is 1.81. The summed E-state index contributed by atoms with van der Waals surface area (Å²) in [6, 6.07) is 11.0. The molecule has 0 spiro atoms. The molecule has 1 atom stereocenters. The van der Waals surface area contributed by atoms with E-state index in [9.17, 15) is 14.9 Å². The molecule has 8 nitrogen and oxygen atoms in total. The molecule has 8 heteroatoms. The van der Waals surface area contributed by atoms with Crippen LogP contribution in [0.2, 0.25) is 0 Å². The summed E-state index contributed by atoms with van der Waals surface area (Å²) in [4.78, 5) is 34.2. The highest BCUT2D eigenvalue weighted by atomic mass is 16.1. The largest absolute Gasteiger partial charge is 0.368 e. The maximum absolute atomic E-state index is 13.5. The summed E-state index contributed by atoms with van der Waals surface area (Å²) in [7, 11) is 3.64. The number of aromatic nitrogens is 2. The van der Waals surface area contributed by atoms with Crippen molar-refractivity contribution in [3.63, 3.8) is 0 Å². The molecule has 0 radical (unpaired) electrons. The Morgan fingerprint density at radius 1 is 1.17 bits per heavy atom. The number of ketones is 1. The van der Waals surface area contributed by atoms with Crippen molar-refractivity contribution in [1.29, 1.82) is 5.26 Å². The lowest BCUT2D eigenvalue weighted by atomic mass is 10.0. The van der Waals surface area contributed by atoms with E-state index in [2.05, 4.69) is 11.0 Å². The number of benzene rings is 1. The number of carbonyl (C=O) groups excluding carboxylic acids is 2. The van der Waals surface area contributed by atoms with Crippen LogP contribution in [0.5, 0.6) is 0 Å². The van der Waals surface area contributed by atoms with Crippen LogP contribution in [0.25, 0.3) is 16.7 Å². The topological polar surface area (TPSA) is 108 Å². The molecule has 182 valence electrons. The quantitative estimate of drug-likeness (QED) is 0.505. The predicted octanol–water partition coefficient (Wildman–Crippen LogP) is 2.83. The minimum atomic E-state index is -0.464. The lowest BCUT2D eigenvalue weighted by Gasteiger charge is -2.25. The Morgan fingerprint density at radius 2 is 1.86 bits per heavy atom. The molecule has 1 aliphatic rings. The van der Waals surface area contributed by atoms with Crippen LogP contribution < -0.4 is 5.73 Å². The Labute approximate surface area is 205 Å². The second kappa shape index (κ2) is 10.4. The number of nitrogens with zero attached hydrogens (tertiary/aromatic N) is 5. The summed E-state index contributed by atoms with van der Waals surface area (Å²) in [6.07, 6.45) is 5.61. The Kier molecular flexibility index (Phi) is 7.29. The number of likely N-dealkylation sites (tertiary alicyclic amines) is 1. The van der Waals surface area contributed by atoms with Gasteiger partial charge in [0.15, 0.2) is 5.78 Å². The molecular weight excluding hydrogens is 440 g/mol. The maximum atomic E-state index is 13.5. The van der Waals surface area contributed by atoms with Gasteiger partial charge in [-0.25, -0.2) is 0 Å². The van der Waals surface area contributed by atoms with Crippen LogP contribution in [0, 0.1) is 18.3 Å². The number of hydrogen-bond donors (Lipinski definition) is 1. The highest BCUT2D eigenvalue weighted by Crippen LogP contribution is 2.30. The van der Waals surface area contributed by atoms with Crippen molar-refractivity contribution in [2.24, 2.45) is 5.73 Å². The first kappa shape index (κ1) is 24.6. The molecule has 2 aromatic heterocycles. The molecule has 4 rings (SSSR count). The highest BCUT2D eigenvalue weighted by molar-refractivity contribution is 6.09. The highest BCUT2D eigenvalue weighted by Gasteiger charge is 2.25. The summed E-state index contributed by atoms with van der Waals surface area (Å²) in [5.41, 5.74) is 10.8. The fourth-order valence-electron chi connectivity index (χ4n) is 4.95. The Hall–Kier alpha value is -3.54. The summed E-state index contributed by atoms with van der Waals surface area (Å²) < 4.78 is 2.02. The molecule has 1 amide bonds. The van der Waals surface area contributed by atoms with E-state index in [0.29, 0.717) is 29.6 Å². The number of piperidine rings is 1. The average Bonchev–Trinajstić information content (AvgIpc) is 3.13. The van der Waals surface area contributed by atoms with Crippen molar-refractivity contribution >= 4 is 22.7 Å². The van der Waals surface area contributed by atoms with Crippen LogP contribution in [0.3, 0.4) is 0 Å². The zero-order chi connectivity index (χ0) is 25.1. The first-order valence-corrected chi connectivity index (χ1v) is 12.0. The van der Waals surface area contributed by atoms with E-state index in [1.807, 2.05) is 43.8 Å². The monoisotopic (exact) mass is 472 g/mol. The van der Waals surface area contributed by atoms with Gasteiger partial charge >= 0.3 is 0 Å². The summed E-state index contributed by atoms with van der Waals surface area (Å²) in [6.45, 7) is 4.20. The number of fused-ring (bicyclic) bond motifs is 1. The van der Waals surface area contributed by atoms with Crippen molar-refractivity contribution < 1.29 is 9.59 Å². The van der Waals surface area contributed by atoms with Gasteiger partial charge in [0.2, 0.25) is 5.91 Å². The Bertz CT molecular complexity index is 1280. The molecule has 0 bridgehead atoms. The Morgan fingerprint density at radius 3 is 2.46 bits per heavy atom. The molecule has 1 aromatic carbocycles. The van der Waals surface area contributed by atoms with E-state index < -0.39 is 11.9 Å². The second-order valence-electron chi connectivity index (χ2n) is 9.51. The fraction of sp³-hybridized carbons (Fsp3) is 0.407. The van der Waals surface area contributed by atoms with Crippen molar-refractivity contribution in [3.05, 3.63) is 58.9 Å². The van der Waals surface area contributed by atoms with E-state index in [4.69, 9.17) is 10.7 Å². The number of Topliss-reactive ketones (excluding diaryl/α,β-unsaturated/α-hetero) is 1. The summed E-state index contributed by atoms with van der Waals surface area (Å²) in [5.74, 6) is -0.337. The lowest BCUT2D eigenvalue weighted by molar-refractivity contribution is -0.122. The van der Waals surface area contributed by atoms with Crippen LogP contribution in [-0.2, 0) is 11.2 Å². The third kappa shape index (κ3) is 5.11. The van der Waals surface area contributed by atoms with Crippen LogP contribution in [0.1, 0.15) is 46.4 Å². The van der Waals surface area contributed by atoms with E-state index in [-0.39, 0.29) is 5.78 Å². The molecule has 1 aliphatic heterocycles. The summed E-state index contributed by atoms with van der Waals surface area (Å²) >= 11 is 0. The average molecular weight is 473 g/mol. The molecule has 3 aromatic rings. The van der Waals surface area contributed by atoms with Gasteiger partial charge < -0.3 is 10.3 Å². The molecule has 1 unspecified atom stereocenters. The van der Waals surface area contributed by atoms with E-state index >= 15 is 0 Å². The first-order chi connectivity index (χ1) is 16.8. The molecule has 2 N–H and O–H groups in total. The van der Waals surface area contributed by atoms with Crippen LogP contribution in [0.15, 0.2) is 36.5 Å². The number of nitrogens with two attached hydrogens (primary N) is 1. The third-order valence-corrected chi connectivity index (χ3v) is 6.83. The van der Waals surface area contributed by atoms with Gasteiger partial charge in [0.1, 0.15) is 0 Å². The number of rotatable bonds is 8. The first-order valence-electron chi connectivity index (χ1n) is 12.0. The van der Waals surface area contributed by atoms with Crippen LogP contribution >= 0.6 is 0 Å².